The van der Waals surface area contributed by atoms with Crippen molar-refractivity contribution in [2.45, 2.75) is 17.9 Å². The predicted molar refractivity (Wildman–Crippen MR) is 51.4 cm³/mol. The van der Waals surface area contributed by atoms with Crippen molar-refractivity contribution in [1.82, 2.24) is 4.98 Å². The highest BCUT2D eigenvalue weighted by molar-refractivity contribution is 9.08. The van der Waals surface area contributed by atoms with Crippen LogP contribution in [0.1, 0.15) is 11.1 Å². The van der Waals surface area contributed by atoms with Crippen molar-refractivity contribution >= 4 is 15.9 Å². The molecule has 0 aromatic carbocycles. The van der Waals surface area contributed by atoms with Gasteiger partial charge in [-0.25, -0.2) is 0 Å². The molecule has 0 aliphatic rings. The Morgan fingerprint density at radius 2 is 1.78 bits per heavy atom. The molecule has 3 nitrogen and oxygen atoms in total. The molecular formula is C8H4BrF6NO2. The van der Waals surface area contributed by atoms with Gasteiger partial charge in [0, 0.05) is 17.1 Å². The summed E-state index contributed by atoms with van der Waals surface area (Å²) in [6.45, 7) is 0. The maximum Gasteiger partial charge on any atom is 0.573 e. The topological polar surface area (TPSA) is 42.1 Å². The van der Waals surface area contributed by atoms with E-state index in [1.807, 2.05) is 0 Å². The molecule has 10 heteroatoms. The Bertz CT molecular complexity index is 492. The molecule has 1 N–H and O–H groups in total. The Morgan fingerprint density at radius 3 is 2.17 bits per heavy atom. The Kier molecular flexibility index (Phi) is 3.99. The highest BCUT2D eigenvalue weighted by atomic mass is 79.9. The molecule has 0 radical (unpaired) electrons. The van der Waals surface area contributed by atoms with Gasteiger partial charge in [0.15, 0.2) is 5.75 Å². The average Bonchev–Trinajstić information content (AvgIpc) is 2.17. The van der Waals surface area contributed by atoms with Gasteiger partial charge in [-0.15, -0.1) is 13.2 Å². The number of pyridine rings is 1. The van der Waals surface area contributed by atoms with Crippen LogP contribution in [-0.2, 0) is 11.5 Å². The summed E-state index contributed by atoms with van der Waals surface area (Å²) in [5.74, 6) is -1.42. The number of aromatic amines is 1. The van der Waals surface area contributed by atoms with Crippen LogP contribution in [0.3, 0.4) is 0 Å². The van der Waals surface area contributed by atoms with Crippen molar-refractivity contribution in [2.24, 2.45) is 0 Å². The molecule has 0 spiro atoms. The monoisotopic (exact) mass is 339 g/mol. The second-order valence-electron chi connectivity index (χ2n) is 3.02. The zero-order valence-electron chi connectivity index (χ0n) is 8.25. The van der Waals surface area contributed by atoms with Crippen LogP contribution in [0.5, 0.6) is 5.75 Å². The first-order valence-electron chi connectivity index (χ1n) is 4.19. The summed E-state index contributed by atoms with van der Waals surface area (Å²) in [7, 11) is 0. The van der Waals surface area contributed by atoms with Gasteiger partial charge in [0.25, 0.3) is 5.56 Å². The molecule has 1 aromatic rings. The molecule has 0 fully saturated rings. The van der Waals surface area contributed by atoms with Gasteiger partial charge < -0.3 is 9.72 Å². The molecular weight excluding hydrogens is 336 g/mol. The number of alkyl halides is 7. The molecule has 0 atom stereocenters. The predicted octanol–water partition coefficient (Wildman–Crippen LogP) is 3.19. The van der Waals surface area contributed by atoms with Gasteiger partial charge in [-0.1, -0.05) is 15.9 Å². The third-order valence-corrected chi connectivity index (χ3v) is 2.37. The van der Waals surface area contributed by atoms with Crippen molar-refractivity contribution < 1.29 is 31.1 Å². The minimum atomic E-state index is -5.26. The summed E-state index contributed by atoms with van der Waals surface area (Å²) in [5, 5.41) is -0.614. The number of hydrogen-bond donors (Lipinski definition) is 1. The lowest BCUT2D eigenvalue weighted by molar-refractivity contribution is -0.275. The van der Waals surface area contributed by atoms with Crippen LogP contribution in [0, 0.1) is 0 Å². The van der Waals surface area contributed by atoms with E-state index in [-0.39, 0.29) is 0 Å². The Balaban J connectivity index is 3.45. The molecule has 0 aliphatic heterocycles. The van der Waals surface area contributed by atoms with Crippen LogP contribution in [0.4, 0.5) is 26.3 Å². The summed E-state index contributed by atoms with van der Waals surface area (Å²) >= 11 is 2.59. The standard InChI is InChI=1S/C8H4BrF6NO2/c9-1-3-4(7(10,11)12)2-16-6(17)5(3)18-8(13,14)15/h2H,1H2,(H,16,17). The molecule has 0 saturated carbocycles. The second kappa shape index (κ2) is 4.82. The largest absolute Gasteiger partial charge is 0.573 e. The van der Waals surface area contributed by atoms with Gasteiger partial charge in [0.05, 0.1) is 5.56 Å². The van der Waals surface area contributed by atoms with Gasteiger partial charge in [-0.3, -0.25) is 4.79 Å². The first kappa shape index (κ1) is 14.9. The quantitative estimate of drug-likeness (QED) is 0.664. The molecule has 1 heterocycles. The summed E-state index contributed by atoms with van der Waals surface area (Å²) < 4.78 is 76.8. The highest BCUT2D eigenvalue weighted by Crippen LogP contribution is 2.36. The van der Waals surface area contributed by atoms with Crippen molar-refractivity contribution in [2.75, 3.05) is 0 Å². The number of H-pyrrole nitrogens is 1. The molecule has 1 rings (SSSR count). The fraction of sp³-hybridized carbons (Fsp3) is 0.375. The number of halogens is 7. The van der Waals surface area contributed by atoms with E-state index in [2.05, 4.69) is 20.7 Å². The molecule has 0 aliphatic carbocycles. The third kappa shape index (κ3) is 3.40. The Morgan fingerprint density at radius 1 is 1.22 bits per heavy atom. The van der Waals surface area contributed by atoms with Gasteiger partial charge >= 0.3 is 12.5 Å². The SMILES string of the molecule is O=c1[nH]cc(C(F)(F)F)c(CBr)c1OC(F)(F)F. The van der Waals surface area contributed by atoms with Crippen LogP contribution in [0.15, 0.2) is 11.0 Å². The molecule has 18 heavy (non-hydrogen) atoms. The molecule has 0 amide bonds. The van der Waals surface area contributed by atoms with E-state index in [4.69, 9.17) is 0 Å². The van der Waals surface area contributed by atoms with E-state index >= 15 is 0 Å². The van der Waals surface area contributed by atoms with Gasteiger partial charge in [0.1, 0.15) is 0 Å². The first-order chi connectivity index (χ1) is 8.06. The van der Waals surface area contributed by atoms with Crippen LogP contribution < -0.4 is 10.3 Å². The van der Waals surface area contributed by atoms with E-state index in [0.717, 1.165) is 0 Å². The van der Waals surface area contributed by atoms with Crippen molar-refractivity contribution in [3.63, 3.8) is 0 Å². The highest BCUT2D eigenvalue weighted by Gasteiger charge is 2.39. The number of hydrogen-bond acceptors (Lipinski definition) is 2. The van der Waals surface area contributed by atoms with Crippen molar-refractivity contribution in [1.29, 1.82) is 0 Å². The number of rotatable bonds is 2. The van der Waals surface area contributed by atoms with Crippen molar-refractivity contribution in [3.8, 4) is 5.75 Å². The average molecular weight is 340 g/mol. The molecule has 1 aromatic heterocycles. The number of nitrogens with one attached hydrogen (secondary N) is 1. The first-order valence-corrected chi connectivity index (χ1v) is 5.32. The van der Waals surface area contributed by atoms with E-state index in [0.29, 0.717) is 6.20 Å². The summed E-state index contributed by atoms with van der Waals surface area (Å²) in [6, 6.07) is 0. The molecule has 0 unspecified atom stereocenters. The summed E-state index contributed by atoms with van der Waals surface area (Å²) in [6.07, 6.45) is -9.87. The minimum Gasteiger partial charge on any atom is -0.400 e. The van der Waals surface area contributed by atoms with Crippen molar-refractivity contribution in [3.05, 3.63) is 27.7 Å². The van der Waals surface area contributed by atoms with E-state index in [1.165, 1.54) is 0 Å². The zero-order chi connectivity index (χ0) is 14.1. The number of aromatic nitrogens is 1. The van der Waals surface area contributed by atoms with Crippen LogP contribution in [0.2, 0.25) is 0 Å². The van der Waals surface area contributed by atoms with Crippen LogP contribution in [0.25, 0.3) is 0 Å². The zero-order valence-corrected chi connectivity index (χ0v) is 9.83. The Hall–Kier alpha value is -1.19. The van der Waals surface area contributed by atoms with Crippen LogP contribution in [-0.4, -0.2) is 11.3 Å². The lowest BCUT2D eigenvalue weighted by atomic mass is 10.1. The van der Waals surface area contributed by atoms with E-state index in [1.54, 1.807) is 4.98 Å². The maximum atomic E-state index is 12.5. The third-order valence-electron chi connectivity index (χ3n) is 1.81. The maximum absolute atomic E-state index is 12.5. The van der Waals surface area contributed by atoms with Crippen LogP contribution >= 0.6 is 15.9 Å². The second-order valence-corrected chi connectivity index (χ2v) is 3.58. The molecule has 0 bridgehead atoms. The minimum absolute atomic E-state index is 0.294. The Labute approximate surface area is 104 Å². The summed E-state index contributed by atoms with van der Waals surface area (Å²) in [4.78, 5) is 12.6. The summed E-state index contributed by atoms with van der Waals surface area (Å²) in [5.41, 5.74) is -3.71. The van der Waals surface area contributed by atoms with Gasteiger partial charge in [0.2, 0.25) is 0 Å². The lowest BCUT2D eigenvalue weighted by Crippen LogP contribution is -2.26. The fourth-order valence-corrected chi connectivity index (χ4v) is 1.72. The smallest absolute Gasteiger partial charge is 0.400 e. The lowest BCUT2D eigenvalue weighted by Gasteiger charge is -2.15. The van der Waals surface area contributed by atoms with Gasteiger partial charge in [-0.05, 0) is 0 Å². The van der Waals surface area contributed by atoms with E-state index < -0.39 is 40.3 Å². The normalized spacial score (nSPS) is 12.6. The molecule has 0 saturated heterocycles. The molecule has 102 valence electrons. The van der Waals surface area contributed by atoms with E-state index in [9.17, 15) is 31.1 Å². The number of ether oxygens (including phenoxy) is 1. The fourth-order valence-electron chi connectivity index (χ4n) is 1.16. The van der Waals surface area contributed by atoms with Gasteiger partial charge in [-0.2, -0.15) is 13.2 Å².